The van der Waals surface area contributed by atoms with E-state index in [1.54, 1.807) is 7.11 Å². The quantitative estimate of drug-likeness (QED) is 0.792. The summed E-state index contributed by atoms with van der Waals surface area (Å²) in [4.78, 5) is 0. The Kier molecular flexibility index (Phi) is 5.21. The third-order valence-electron chi connectivity index (χ3n) is 7.55. The van der Waals surface area contributed by atoms with Gasteiger partial charge in [-0.15, -0.1) is 0 Å². The molecule has 0 bridgehead atoms. The lowest BCUT2D eigenvalue weighted by Gasteiger charge is -2.59. The number of aliphatic hydroxyl groups is 1. The molecule has 0 heterocycles. The Bertz CT molecular complexity index is 606. The minimum atomic E-state index is 0.330. The molecular weight excluding hydrogens is 308 g/mol. The summed E-state index contributed by atoms with van der Waals surface area (Å²) in [6, 6.07) is 6.60. The molecule has 0 spiro atoms. The molecule has 0 aliphatic heterocycles. The second kappa shape index (κ2) is 6.95. The fraction of sp³-hybridized carbons (Fsp3) is 0.739. The Morgan fingerprint density at radius 3 is 2.56 bits per heavy atom. The average Bonchev–Trinajstić information content (AvgIpc) is 2.55. The number of rotatable bonds is 4. The van der Waals surface area contributed by atoms with Crippen LogP contribution in [0.25, 0.3) is 0 Å². The van der Waals surface area contributed by atoms with Gasteiger partial charge >= 0.3 is 0 Å². The highest BCUT2D eigenvalue weighted by Crippen LogP contribution is 2.61. The molecule has 25 heavy (non-hydrogen) atoms. The third kappa shape index (κ3) is 3.47. The van der Waals surface area contributed by atoms with E-state index < -0.39 is 0 Å². The Morgan fingerprint density at radius 2 is 1.88 bits per heavy atom. The number of aryl methyl sites for hydroxylation is 1. The molecular formula is C23H36O2. The van der Waals surface area contributed by atoms with Crippen LogP contribution in [0.3, 0.4) is 0 Å². The molecule has 1 N–H and O–H groups in total. The van der Waals surface area contributed by atoms with Crippen LogP contribution in [-0.2, 0) is 6.42 Å². The van der Waals surface area contributed by atoms with Gasteiger partial charge in [-0.3, -0.25) is 0 Å². The van der Waals surface area contributed by atoms with E-state index in [9.17, 15) is 5.11 Å². The first-order chi connectivity index (χ1) is 11.8. The lowest BCUT2D eigenvalue weighted by atomic mass is 9.46. The molecule has 0 radical (unpaired) electrons. The van der Waals surface area contributed by atoms with E-state index in [1.807, 2.05) is 0 Å². The van der Waals surface area contributed by atoms with Crippen molar-refractivity contribution in [3.05, 3.63) is 29.3 Å². The first-order valence-corrected chi connectivity index (χ1v) is 10.1. The van der Waals surface area contributed by atoms with Crippen molar-refractivity contribution in [2.75, 3.05) is 13.7 Å². The average molecular weight is 345 g/mol. The molecule has 2 aliphatic carbocycles. The van der Waals surface area contributed by atoms with Crippen molar-refractivity contribution >= 4 is 0 Å². The number of methoxy groups -OCH3 is 1. The van der Waals surface area contributed by atoms with E-state index in [0.717, 1.165) is 18.1 Å². The number of hydrogen-bond donors (Lipinski definition) is 1. The van der Waals surface area contributed by atoms with E-state index in [4.69, 9.17) is 4.74 Å². The molecule has 0 amide bonds. The second-order valence-electron chi connectivity index (χ2n) is 9.59. The van der Waals surface area contributed by atoms with Gasteiger partial charge in [0.15, 0.2) is 0 Å². The molecule has 2 aliphatic rings. The summed E-state index contributed by atoms with van der Waals surface area (Å²) in [5, 5.41) is 10.1. The zero-order valence-electron chi connectivity index (χ0n) is 16.8. The van der Waals surface area contributed by atoms with Gasteiger partial charge in [0.05, 0.1) is 7.11 Å². The zero-order valence-corrected chi connectivity index (χ0v) is 16.8. The summed E-state index contributed by atoms with van der Waals surface area (Å²) < 4.78 is 5.49. The maximum Gasteiger partial charge on any atom is 0.119 e. The van der Waals surface area contributed by atoms with Gasteiger partial charge in [-0.2, -0.15) is 0 Å². The van der Waals surface area contributed by atoms with Crippen LogP contribution in [0, 0.1) is 35.5 Å². The lowest BCUT2D eigenvalue weighted by Crippen LogP contribution is -2.52. The molecule has 4 atom stereocenters. The summed E-state index contributed by atoms with van der Waals surface area (Å²) in [5.74, 6) is 2.72. The van der Waals surface area contributed by atoms with Crippen molar-refractivity contribution in [1.82, 2.24) is 0 Å². The van der Waals surface area contributed by atoms with Gasteiger partial charge in [0, 0.05) is 6.61 Å². The number of ether oxygens (including phenoxy) is 1. The number of hydrogen-bond acceptors (Lipinski definition) is 2. The molecule has 0 aromatic heterocycles. The van der Waals surface area contributed by atoms with Crippen LogP contribution in [0.5, 0.6) is 5.75 Å². The van der Waals surface area contributed by atoms with Crippen LogP contribution in [0.15, 0.2) is 18.2 Å². The molecule has 1 aromatic rings. The highest BCUT2D eigenvalue weighted by molar-refractivity contribution is 5.34. The molecule has 0 unspecified atom stereocenters. The van der Waals surface area contributed by atoms with Crippen LogP contribution < -0.4 is 4.74 Å². The van der Waals surface area contributed by atoms with Crippen LogP contribution in [0.1, 0.15) is 64.0 Å². The van der Waals surface area contributed by atoms with Crippen LogP contribution >= 0.6 is 0 Å². The summed E-state index contributed by atoms with van der Waals surface area (Å²) in [6.45, 7) is 9.95. The van der Waals surface area contributed by atoms with Crippen molar-refractivity contribution < 1.29 is 9.84 Å². The summed E-state index contributed by atoms with van der Waals surface area (Å²) >= 11 is 0. The van der Waals surface area contributed by atoms with E-state index >= 15 is 0 Å². The highest BCUT2D eigenvalue weighted by Gasteiger charge is 2.54. The largest absolute Gasteiger partial charge is 0.497 e. The van der Waals surface area contributed by atoms with Crippen LogP contribution in [0.4, 0.5) is 0 Å². The molecule has 1 aromatic carbocycles. The molecule has 2 nitrogen and oxygen atoms in total. The fourth-order valence-corrected chi connectivity index (χ4v) is 6.38. The summed E-state index contributed by atoms with van der Waals surface area (Å²) in [5.41, 5.74) is 3.39. The van der Waals surface area contributed by atoms with Crippen molar-refractivity contribution in [3.8, 4) is 5.75 Å². The Labute approximate surface area is 154 Å². The number of fused-ring (bicyclic) bond motifs is 1. The van der Waals surface area contributed by atoms with Crippen LogP contribution in [0.2, 0.25) is 0 Å². The summed E-state index contributed by atoms with van der Waals surface area (Å²) in [6.07, 6.45) is 7.50. The number of benzene rings is 1. The van der Waals surface area contributed by atoms with E-state index in [-0.39, 0.29) is 0 Å². The van der Waals surface area contributed by atoms with Crippen molar-refractivity contribution in [1.29, 1.82) is 0 Å². The molecule has 2 heteroatoms. The zero-order chi connectivity index (χ0) is 18.2. The molecule has 140 valence electrons. The standard InChI is InChI=1S/C23H36O2/c1-16-11-17(13-19(12-16)25-5)14-20-18(15-24)7-8-21-22(2,3)9-6-10-23(20,21)4/h11-13,18,20-21,24H,6-10,14-15H2,1-5H3/t18-,20-,21+,23-/m1/s1. The van der Waals surface area contributed by atoms with Crippen molar-refractivity contribution in [2.24, 2.45) is 28.6 Å². The van der Waals surface area contributed by atoms with Crippen LogP contribution in [-0.4, -0.2) is 18.8 Å². The SMILES string of the molecule is COc1cc(C)cc(C[C@@H]2[C@@H](CO)CC[C@H]3C(C)(C)CCC[C@]23C)c1. The predicted octanol–water partition coefficient (Wildman–Crippen LogP) is 5.40. The normalized spacial score (nSPS) is 34.4. The third-order valence-corrected chi connectivity index (χ3v) is 7.55. The van der Waals surface area contributed by atoms with E-state index in [1.165, 1.54) is 43.2 Å². The molecule has 3 rings (SSSR count). The van der Waals surface area contributed by atoms with Crippen molar-refractivity contribution in [3.63, 3.8) is 0 Å². The van der Waals surface area contributed by atoms with Gasteiger partial charge < -0.3 is 9.84 Å². The topological polar surface area (TPSA) is 29.5 Å². The predicted molar refractivity (Wildman–Crippen MR) is 104 cm³/mol. The first kappa shape index (κ1) is 18.8. The van der Waals surface area contributed by atoms with Gasteiger partial charge in [0.2, 0.25) is 0 Å². The first-order valence-electron chi connectivity index (χ1n) is 10.1. The second-order valence-corrected chi connectivity index (χ2v) is 9.59. The van der Waals surface area contributed by atoms with Gasteiger partial charge in [-0.05, 0) is 90.9 Å². The van der Waals surface area contributed by atoms with Crippen molar-refractivity contribution in [2.45, 2.75) is 66.2 Å². The fourth-order valence-electron chi connectivity index (χ4n) is 6.38. The maximum absolute atomic E-state index is 10.1. The minimum Gasteiger partial charge on any atom is -0.497 e. The van der Waals surface area contributed by atoms with Gasteiger partial charge in [-0.1, -0.05) is 33.3 Å². The van der Waals surface area contributed by atoms with Gasteiger partial charge in [0.25, 0.3) is 0 Å². The minimum absolute atomic E-state index is 0.330. The Balaban J connectivity index is 1.94. The lowest BCUT2D eigenvalue weighted by molar-refractivity contribution is -0.105. The molecule has 2 fully saturated rings. The molecule has 2 saturated carbocycles. The van der Waals surface area contributed by atoms with E-state index in [2.05, 4.69) is 45.9 Å². The van der Waals surface area contributed by atoms with Gasteiger partial charge in [-0.25, -0.2) is 0 Å². The summed E-state index contributed by atoms with van der Waals surface area (Å²) in [7, 11) is 1.75. The van der Waals surface area contributed by atoms with Gasteiger partial charge in [0.1, 0.15) is 5.75 Å². The maximum atomic E-state index is 10.1. The molecule has 0 saturated heterocycles. The Hall–Kier alpha value is -1.02. The monoisotopic (exact) mass is 344 g/mol. The number of aliphatic hydroxyl groups excluding tert-OH is 1. The smallest absolute Gasteiger partial charge is 0.119 e. The van der Waals surface area contributed by atoms with E-state index in [0.29, 0.717) is 29.3 Å². The highest BCUT2D eigenvalue weighted by atomic mass is 16.5. The Morgan fingerprint density at radius 1 is 1.12 bits per heavy atom.